The number of piperidine rings is 1. The van der Waals surface area contributed by atoms with Crippen LogP contribution in [0.2, 0.25) is 0 Å². The topological polar surface area (TPSA) is 100 Å². The molecule has 0 saturated carbocycles. The predicted octanol–water partition coefficient (Wildman–Crippen LogP) is 2.99. The molecule has 2 N–H and O–H groups in total. The summed E-state index contributed by atoms with van der Waals surface area (Å²) in [5.74, 6) is 0.621. The van der Waals surface area contributed by atoms with Crippen LogP contribution in [0.3, 0.4) is 0 Å². The fourth-order valence-corrected chi connectivity index (χ4v) is 5.30. The van der Waals surface area contributed by atoms with Crippen LogP contribution in [-0.4, -0.2) is 65.2 Å². The monoisotopic (exact) mass is 433 g/mol. The highest BCUT2D eigenvalue weighted by molar-refractivity contribution is 6.01. The van der Waals surface area contributed by atoms with Crippen molar-refractivity contribution in [2.24, 2.45) is 7.05 Å². The van der Waals surface area contributed by atoms with Gasteiger partial charge in [-0.1, -0.05) is 0 Å². The van der Waals surface area contributed by atoms with E-state index < -0.39 is 0 Å². The first-order valence-corrected chi connectivity index (χ1v) is 10.9. The van der Waals surface area contributed by atoms with Crippen LogP contribution in [0, 0.1) is 5.82 Å². The quantitative estimate of drug-likeness (QED) is 0.510. The third-order valence-electron chi connectivity index (χ3n) is 6.93. The average Bonchev–Trinajstić information content (AvgIpc) is 3.47. The summed E-state index contributed by atoms with van der Waals surface area (Å²) < 4.78 is 16.8. The Hall–Kier alpha value is -3.40. The summed E-state index contributed by atoms with van der Waals surface area (Å²) in [6.45, 7) is 0. The Morgan fingerprint density at radius 3 is 2.59 bits per heavy atom. The van der Waals surface area contributed by atoms with E-state index in [4.69, 9.17) is 0 Å². The number of nitrogens with zero attached hydrogens (tertiary/aromatic N) is 7. The molecule has 5 heterocycles. The summed E-state index contributed by atoms with van der Waals surface area (Å²) in [7, 11) is 4.03. The molecule has 0 amide bonds. The van der Waals surface area contributed by atoms with Crippen molar-refractivity contribution >= 4 is 16.7 Å². The van der Waals surface area contributed by atoms with E-state index in [1.807, 2.05) is 0 Å². The molecule has 2 atom stereocenters. The molecule has 2 aliphatic heterocycles. The Labute approximate surface area is 184 Å². The standard InChI is InChI=1S/C22H24FN9/c1-31-11-12(8-26-31)20-17-9-25-29-21(17)16(7-18(20)23)22-24-10-19(28-30-22)27-13-5-14-3-4-15(6-13)32(14)2/h7-11,13-15H,3-6H2,1-2H3,(H,25,29)(H,27,28). The van der Waals surface area contributed by atoms with E-state index in [1.165, 1.54) is 18.9 Å². The maximum atomic E-state index is 15.2. The van der Waals surface area contributed by atoms with Crippen LogP contribution in [0.25, 0.3) is 33.4 Å². The number of rotatable bonds is 4. The molecular weight excluding hydrogens is 409 g/mol. The van der Waals surface area contributed by atoms with Crippen molar-refractivity contribution in [3.63, 3.8) is 0 Å². The van der Waals surface area contributed by atoms with Crippen LogP contribution < -0.4 is 5.32 Å². The molecule has 4 aromatic rings. The fraction of sp³-hybridized carbons (Fsp3) is 0.409. The molecule has 2 fully saturated rings. The lowest BCUT2D eigenvalue weighted by Gasteiger charge is -2.36. The van der Waals surface area contributed by atoms with Crippen LogP contribution >= 0.6 is 0 Å². The van der Waals surface area contributed by atoms with Crippen LogP contribution in [-0.2, 0) is 7.05 Å². The zero-order chi connectivity index (χ0) is 21.8. The number of H-pyrrole nitrogens is 1. The van der Waals surface area contributed by atoms with Crippen molar-refractivity contribution in [1.29, 1.82) is 0 Å². The van der Waals surface area contributed by atoms with Crippen LogP contribution in [0.15, 0.2) is 30.9 Å². The molecule has 0 aliphatic carbocycles. The molecule has 10 heteroatoms. The SMILES string of the molecule is CN1C2CCC1CC(Nc1cnc(-c3cc(F)c(-c4cnn(C)c4)c4cn[nH]c34)nn1)C2. The van der Waals surface area contributed by atoms with Gasteiger partial charge in [0.15, 0.2) is 11.6 Å². The van der Waals surface area contributed by atoms with Gasteiger partial charge in [0.05, 0.1) is 24.1 Å². The van der Waals surface area contributed by atoms with Gasteiger partial charge in [-0.05, 0) is 38.8 Å². The lowest BCUT2D eigenvalue weighted by atomic mass is 9.98. The molecule has 1 aromatic carbocycles. The van der Waals surface area contributed by atoms with Crippen molar-refractivity contribution < 1.29 is 4.39 Å². The zero-order valence-corrected chi connectivity index (χ0v) is 18.0. The van der Waals surface area contributed by atoms with E-state index >= 15 is 4.39 Å². The van der Waals surface area contributed by atoms with Gasteiger partial charge in [0, 0.05) is 53.4 Å². The Balaban J connectivity index is 1.29. The Kier molecular flexibility index (Phi) is 4.42. The van der Waals surface area contributed by atoms with E-state index in [9.17, 15) is 0 Å². The number of anilines is 1. The van der Waals surface area contributed by atoms with Crippen molar-refractivity contribution in [1.82, 2.24) is 40.1 Å². The van der Waals surface area contributed by atoms with Gasteiger partial charge in [0.25, 0.3) is 0 Å². The summed E-state index contributed by atoms with van der Waals surface area (Å²) >= 11 is 0. The lowest BCUT2D eigenvalue weighted by molar-refractivity contribution is 0.168. The molecule has 6 rings (SSSR count). The largest absolute Gasteiger partial charge is 0.364 e. The molecule has 3 aromatic heterocycles. The van der Waals surface area contributed by atoms with Crippen molar-refractivity contribution in [2.45, 2.75) is 43.8 Å². The molecule has 2 bridgehead atoms. The normalized spacial score (nSPS) is 23.2. The molecule has 32 heavy (non-hydrogen) atoms. The molecule has 164 valence electrons. The molecule has 2 saturated heterocycles. The van der Waals surface area contributed by atoms with Gasteiger partial charge in [-0.15, -0.1) is 10.2 Å². The van der Waals surface area contributed by atoms with Gasteiger partial charge in [-0.25, -0.2) is 9.37 Å². The number of aromatic amines is 1. The number of fused-ring (bicyclic) bond motifs is 3. The van der Waals surface area contributed by atoms with E-state index in [2.05, 4.69) is 47.7 Å². The number of aromatic nitrogens is 7. The Morgan fingerprint density at radius 1 is 1.09 bits per heavy atom. The first-order valence-electron chi connectivity index (χ1n) is 10.9. The minimum absolute atomic E-state index is 0.352. The summed E-state index contributed by atoms with van der Waals surface area (Å²) in [5, 5.41) is 24.0. The number of halogens is 1. The minimum atomic E-state index is -0.380. The summed E-state index contributed by atoms with van der Waals surface area (Å²) in [6.07, 6.45) is 11.4. The van der Waals surface area contributed by atoms with Gasteiger partial charge in [-0.2, -0.15) is 10.2 Å². The minimum Gasteiger partial charge on any atom is -0.364 e. The maximum absolute atomic E-state index is 15.2. The van der Waals surface area contributed by atoms with E-state index in [0.29, 0.717) is 57.4 Å². The first kappa shape index (κ1) is 19.3. The average molecular weight is 433 g/mol. The molecule has 2 aliphatic rings. The van der Waals surface area contributed by atoms with Crippen molar-refractivity contribution in [3.05, 3.63) is 36.7 Å². The van der Waals surface area contributed by atoms with Crippen LogP contribution in [0.5, 0.6) is 0 Å². The maximum Gasteiger partial charge on any atom is 0.184 e. The van der Waals surface area contributed by atoms with Gasteiger partial charge < -0.3 is 10.2 Å². The number of nitrogens with one attached hydrogen (secondary N) is 2. The summed E-state index contributed by atoms with van der Waals surface area (Å²) in [5.41, 5.74) is 2.33. The fourth-order valence-electron chi connectivity index (χ4n) is 5.30. The van der Waals surface area contributed by atoms with Gasteiger partial charge >= 0.3 is 0 Å². The highest BCUT2D eigenvalue weighted by Crippen LogP contribution is 2.36. The second kappa shape index (κ2) is 7.33. The zero-order valence-electron chi connectivity index (χ0n) is 18.0. The first-order chi connectivity index (χ1) is 15.6. The molecule has 2 unspecified atom stereocenters. The molecule has 0 spiro atoms. The van der Waals surface area contributed by atoms with Crippen molar-refractivity contribution in [2.75, 3.05) is 12.4 Å². The predicted molar refractivity (Wildman–Crippen MR) is 118 cm³/mol. The second-order valence-corrected chi connectivity index (χ2v) is 8.87. The molecule has 0 radical (unpaired) electrons. The van der Waals surface area contributed by atoms with E-state index in [-0.39, 0.29) is 5.82 Å². The third-order valence-corrected chi connectivity index (χ3v) is 6.93. The van der Waals surface area contributed by atoms with Gasteiger partial charge in [0.1, 0.15) is 5.82 Å². The highest BCUT2D eigenvalue weighted by Gasteiger charge is 2.38. The van der Waals surface area contributed by atoms with Gasteiger partial charge in [-0.3, -0.25) is 9.78 Å². The third kappa shape index (κ3) is 3.13. The number of benzene rings is 1. The van der Waals surface area contributed by atoms with Crippen LogP contribution in [0.4, 0.5) is 10.2 Å². The second-order valence-electron chi connectivity index (χ2n) is 8.87. The number of hydrogen-bond donors (Lipinski definition) is 2. The summed E-state index contributed by atoms with van der Waals surface area (Å²) in [6, 6.07) is 3.09. The molecule has 9 nitrogen and oxygen atoms in total. The summed E-state index contributed by atoms with van der Waals surface area (Å²) in [4.78, 5) is 6.99. The lowest BCUT2D eigenvalue weighted by Crippen LogP contribution is -2.44. The number of aryl methyl sites for hydroxylation is 1. The van der Waals surface area contributed by atoms with Gasteiger partial charge in [0.2, 0.25) is 0 Å². The Bertz CT molecular complexity index is 1260. The van der Waals surface area contributed by atoms with E-state index in [1.54, 1.807) is 36.5 Å². The van der Waals surface area contributed by atoms with E-state index in [0.717, 1.165) is 12.8 Å². The Morgan fingerprint density at radius 2 is 1.91 bits per heavy atom. The highest BCUT2D eigenvalue weighted by atomic mass is 19.1. The van der Waals surface area contributed by atoms with Crippen molar-refractivity contribution in [3.8, 4) is 22.5 Å². The molecular formula is C22H24FN9. The smallest absolute Gasteiger partial charge is 0.184 e. The number of hydrogen-bond acceptors (Lipinski definition) is 7. The van der Waals surface area contributed by atoms with Crippen LogP contribution in [0.1, 0.15) is 25.7 Å².